The van der Waals surface area contributed by atoms with Gasteiger partial charge in [-0.3, -0.25) is 14.4 Å². The fourth-order valence-electron chi connectivity index (χ4n) is 2.66. The fourth-order valence-corrected chi connectivity index (χ4v) is 3.20. The second kappa shape index (κ2) is 10.3. The van der Waals surface area contributed by atoms with Crippen molar-refractivity contribution in [2.24, 2.45) is 0 Å². The average molecular weight is 436 g/mol. The third-order valence-electron chi connectivity index (χ3n) is 4.13. The van der Waals surface area contributed by atoms with E-state index in [1.165, 1.54) is 12.1 Å². The van der Waals surface area contributed by atoms with Gasteiger partial charge in [0.25, 0.3) is 11.8 Å². The molecule has 0 heterocycles. The van der Waals surface area contributed by atoms with Crippen LogP contribution in [-0.2, 0) is 4.79 Å². The summed E-state index contributed by atoms with van der Waals surface area (Å²) < 4.78 is 0. The molecule has 0 aliphatic carbocycles. The smallest absolute Gasteiger partial charge is 0.257 e. The standard InChI is InChI=1S/C21H23Cl2N3O3/c1-4-6-18(27)26-19-15(10-14(22)11-16(19)23)21(29)25-17-9-13(8-7-12(17)3)20(28)24-5-2/h7-11H,4-6H2,1-3H3,(H,24,28)(H,25,29)(H,26,27). The maximum absolute atomic E-state index is 13.0. The molecule has 0 aromatic heterocycles. The molecule has 2 rings (SSSR count). The molecule has 0 unspecified atom stereocenters. The van der Waals surface area contributed by atoms with E-state index in [1.807, 2.05) is 20.8 Å². The number of hydrogen-bond acceptors (Lipinski definition) is 3. The molecule has 0 spiro atoms. The van der Waals surface area contributed by atoms with Crippen molar-refractivity contribution in [3.05, 3.63) is 57.1 Å². The highest BCUT2D eigenvalue weighted by Gasteiger charge is 2.19. The largest absolute Gasteiger partial charge is 0.352 e. The molecule has 0 fully saturated rings. The Morgan fingerprint density at radius 2 is 1.69 bits per heavy atom. The minimum atomic E-state index is -0.502. The normalized spacial score (nSPS) is 10.4. The third-order valence-corrected chi connectivity index (χ3v) is 4.64. The first-order valence-corrected chi connectivity index (χ1v) is 10.0. The van der Waals surface area contributed by atoms with Crippen LogP contribution in [0.25, 0.3) is 0 Å². The summed E-state index contributed by atoms with van der Waals surface area (Å²) >= 11 is 12.3. The van der Waals surface area contributed by atoms with E-state index in [-0.39, 0.29) is 33.1 Å². The first-order chi connectivity index (χ1) is 13.8. The maximum Gasteiger partial charge on any atom is 0.257 e. The number of hydrogen-bond donors (Lipinski definition) is 3. The summed E-state index contributed by atoms with van der Waals surface area (Å²) in [6, 6.07) is 7.92. The first-order valence-electron chi connectivity index (χ1n) is 9.25. The van der Waals surface area contributed by atoms with Crippen molar-refractivity contribution in [1.82, 2.24) is 5.32 Å². The van der Waals surface area contributed by atoms with E-state index in [9.17, 15) is 14.4 Å². The Morgan fingerprint density at radius 1 is 0.966 bits per heavy atom. The van der Waals surface area contributed by atoms with Crippen molar-refractivity contribution in [3.8, 4) is 0 Å². The predicted octanol–water partition coefficient (Wildman–Crippen LogP) is 5.04. The number of amides is 3. The summed E-state index contributed by atoms with van der Waals surface area (Å²) in [6.07, 6.45) is 0.956. The Hall–Kier alpha value is -2.57. The lowest BCUT2D eigenvalue weighted by atomic mass is 10.1. The fraction of sp³-hybridized carbons (Fsp3) is 0.286. The van der Waals surface area contributed by atoms with Crippen LogP contribution in [0.2, 0.25) is 10.0 Å². The van der Waals surface area contributed by atoms with Gasteiger partial charge in [-0.15, -0.1) is 0 Å². The summed E-state index contributed by atoms with van der Waals surface area (Å²) in [5, 5.41) is 8.61. The van der Waals surface area contributed by atoms with E-state index < -0.39 is 5.91 Å². The van der Waals surface area contributed by atoms with Crippen LogP contribution in [0.3, 0.4) is 0 Å². The van der Waals surface area contributed by atoms with E-state index in [1.54, 1.807) is 18.2 Å². The molecular formula is C21H23Cl2N3O3. The lowest BCUT2D eigenvalue weighted by Crippen LogP contribution is -2.23. The van der Waals surface area contributed by atoms with Crippen LogP contribution in [0.1, 0.15) is 53.0 Å². The van der Waals surface area contributed by atoms with Gasteiger partial charge < -0.3 is 16.0 Å². The summed E-state index contributed by atoms with van der Waals surface area (Å²) in [4.78, 5) is 37.1. The predicted molar refractivity (Wildman–Crippen MR) is 117 cm³/mol. The SMILES string of the molecule is CCCC(=O)Nc1c(Cl)cc(Cl)cc1C(=O)Nc1cc(C(=O)NCC)ccc1C. The molecule has 8 heteroatoms. The molecule has 2 aromatic rings. The van der Waals surface area contributed by atoms with Gasteiger partial charge in [0.15, 0.2) is 0 Å². The molecule has 0 bridgehead atoms. The van der Waals surface area contributed by atoms with Crippen molar-refractivity contribution in [2.75, 3.05) is 17.2 Å². The summed E-state index contributed by atoms with van der Waals surface area (Å²) in [7, 11) is 0. The van der Waals surface area contributed by atoms with Gasteiger partial charge in [-0.05, 0) is 50.1 Å². The van der Waals surface area contributed by atoms with Gasteiger partial charge in [-0.25, -0.2) is 0 Å². The zero-order chi connectivity index (χ0) is 21.6. The molecule has 2 aromatic carbocycles. The second-order valence-corrected chi connectivity index (χ2v) is 7.30. The number of rotatable bonds is 7. The minimum absolute atomic E-state index is 0.134. The molecule has 0 aliphatic heterocycles. The zero-order valence-electron chi connectivity index (χ0n) is 16.5. The quantitative estimate of drug-likeness (QED) is 0.568. The number of aryl methyl sites for hydroxylation is 1. The molecule has 0 aliphatic rings. The van der Waals surface area contributed by atoms with Gasteiger partial charge in [-0.1, -0.05) is 36.2 Å². The molecule has 0 atom stereocenters. The molecule has 0 saturated heterocycles. The Morgan fingerprint density at radius 3 is 2.34 bits per heavy atom. The topological polar surface area (TPSA) is 87.3 Å². The van der Waals surface area contributed by atoms with Gasteiger partial charge in [0.2, 0.25) is 5.91 Å². The van der Waals surface area contributed by atoms with E-state index >= 15 is 0 Å². The van der Waals surface area contributed by atoms with Crippen LogP contribution < -0.4 is 16.0 Å². The van der Waals surface area contributed by atoms with Crippen molar-refractivity contribution in [1.29, 1.82) is 0 Å². The van der Waals surface area contributed by atoms with Crippen molar-refractivity contribution in [3.63, 3.8) is 0 Å². The van der Waals surface area contributed by atoms with Gasteiger partial charge in [0.05, 0.1) is 16.3 Å². The highest BCUT2D eigenvalue weighted by atomic mass is 35.5. The Balaban J connectivity index is 2.37. The van der Waals surface area contributed by atoms with Crippen LogP contribution in [0.5, 0.6) is 0 Å². The number of benzene rings is 2. The van der Waals surface area contributed by atoms with Crippen LogP contribution in [0.4, 0.5) is 11.4 Å². The Bertz CT molecular complexity index is 945. The molecule has 3 amide bonds. The highest BCUT2D eigenvalue weighted by molar-refractivity contribution is 6.38. The van der Waals surface area contributed by atoms with Crippen molar-refractivity contribution in [2.45, 2.75) is 33.6 Å². The van der Waals surface area contributed by atoms with E-state index in [0.29, 0.717) is 30.6 Å². The lowest BCUT2D eigenvalue weighted by Gasteiger charge is -2.15. The monoisotopic (exact) mass is 435 g/mol. The second-order valence-electron chi connectivity index (χ2n) is 6.45. The maximum atomic E-state index is 13.0. The van der Waals surface area contributed by atoms with E-state index in [4.69, 9.17) is 23.2 Å². The first kappa shape index (κ1) is 22.7. The van der Waals surface area contributed by atoms with Gasteiger partial charge in [-0.2, -0.15) is 0 Å². The Labute approximate surface area is 180 Å². The van der Waals surface area contributed by atoms with Crippen molar-refractivity contribution >= 4 is 52.3 Å². The van der Waals surface area contributed by atoms with Crippen LogP contribution in [0.15, 0.2) is 30.3 Å². The van der Waals surface area contributed by atoms with Gasteiger partial charge >= 0.3 is 0 Å². The molecule has 0 saturated carbocycles. The van der Waals surface area contributed by atoms with Crippen LogP contribution in [-0.4, -0.2) is 24.3 Å². The average Bonchev–Trinajstić information content (AvgIpc) is 2.65. The molecule has 0 radical (unpaired) electrons. The summed E-state index contributed by atoms with van der Waals surface area (Å²) in [5.74, 6) is -0.987. The molecular weight excluding hydrogens is 413 g/mol. The number of nitrogens with one attached hydrogen (secondary N) is 3. The van der Waals surface area contributed by atoms with Crippen LogP contribution in [0, 0.1) is 6.92 Å². The number of anilines is 2. The number of carbonyl (C=O) groups excluding carboxylic acids is 3. The lowest BCUT2D eigenvalue weighted by molar-refractivity contribution is -0.116. The third kappa shape index (κ3) is 5.95. The van der Waals surface area contributed by atoms with E-state index in [0.717, 1.165) is 5.56 Å². The number of halogens is 2. The van der Waals surface area contributed by atoms with Crippen LogP contribution >= 0.6 is 23.2 Å². The molecule has 29 heavy (non-hydrogen) atoms. The molecule has 154 valence electrons. The summed E-state index contributed by atoms with van der Waals surface area (Å²) in [6.45, 7) is 6.01. The summed E-state index contributed by atoms with van der Waals surface area (Å²) in [5.41, 5.74) is 2.00. The highest BCUT2D eigenvalue weighted by Crippen LogP contribution is 2.31. The van der Waals surface area contributed by atoms with Crippen molar-refractivity contribution < 1.29 is 14.4 Å². The minimum Gasteiger partial charge on any atom is -0.352 e. The Kier molecular flexibility index (Phi) is 8.05. The van der Waals surface area contributed by atoms with E-state index in [2.05, 4.69) is 16.0 Å². The zero-order valence-corrected chi connectivity index (χ0v) is 18.0. The molecule has 6 nitrogen and oxygen atoms in total. The molecule has 3 N–H and O–H groups in total. The van der Waals surface area contributed by atoms with Gasteiger partial charge in [0.1, 0.15) is 0 Å². The van der Waals surface area contributed by atoms with Gasteiger partial charge in [0, 0.05) is 29.2 Å². The number of carbonyl (C=O) groups is 3.